The summed E-state index contributed by atoms with van der Waals surface area (Å²) < 4.78 is 10.7. The molecule has 27 heavy (non-hydrogen) atoms. The average Bonchev–Trinajstić information content (AvgIpc) is 2.59. The third kappa shape index (κ3) is 4.70. The molecule has 2 heterocycles. The first kappa shape index (κ1) is 19.9. The van der Waals surface area contributed by atoms with Crippen molar-refractivity contribution in [1.82, 2.24) is 4.90 Å². The summed E-state index contributed by atoms with van der Waals surface area (Å²) in [5, 5.41) is 0. The summed E-state index contributed by atoms with van der Waals surface area (Å²) in [6, 6.07) is 7.91. The molecule has 148 valence electrons. The number of methoxy groups -OCH3 is 1. The third-order valence-electron chi connectivity index (χ3n) is 5.50. The Labute approximate surface area is 162 Å². The number of fused-ring (bicyclic) bond motifs is 2. The number of carbonyl (C=O) groups excluding carboxylic acids is 2. The summed E-state index contributed by atoms with van der Waals surface area (Å²) >= 11 is 0. The van der Waals surface area contributed by atoms with E-state index in [9.17, 15) is 9.59 Å². The molecule has 0 spiro atoms. The van der Waals surface area contributed by atoms with Crippen molar-refractivity contribution in [2.24, 2.45) is 5.92 Å². The van der Waals surface area contributed by atoms with Gasteiger partial charge in [0, 0.05) is 30.7 Å². The van der Waals surface area contributed by atoms with Crippen LogP contribution in [0.15, 0.2) is 24.3 Å². The van der Waals surface area contributed by atoms with E-state index < -0.39 is 5.60 Å². The number of rotatable bonds is 4. The highest BCUT2D eigenvalue weighted by molar-refractivity contribution is 5.98. The van der Waals surface area contributed by atoms with Gasteiger partial charge in [0.05, 0.1) is 6.61 Å². The number of hydrogen-bond acceptors (Lipinski definition) is 4. The van der Waals surface area contributed by atoms with Crippen molar-refractivity contribution in [2.75, 3.05) is 7.11 Å². The SMILES string of the molecule is COCc1ccc(C(=O)C2CC3CCCC(C2)N3C(=O)OC(C)(C)C)cc1. The molecule has 0 N–H and O–H groups in total. The molecule has 0 aliphatic carbocycles. The lowest BCUT2D eigenvalue weighted by atomic mass is 9.76. The Morgan fingerprint density at radius 1 is 1.07 bits per heavy atom. The number of nitrogens with zero attached hydrogens (tertiary/aromatic N) is 1. The molecule has 2 fully saturated rings. The third-order valence-corrected chi connectivity index (χ3v) is 5.50. The Morgan fingerprint density at radius 2 is 1.67 bits per heavy atom. The molecule has 5 nitrogen and oxygen atoms in total. The van der Waals surface area contributed by atoms with Crippen LogP contribution in [-0.4, -0.2) is 41.6 Å². The first-order valence-corrected chi connectivity index (χ1v) is 9.92. The monoisotopic (exact) mass is 373 g/mol. The highest BCUT2D eigenvalue weighted by Gasteiger charge is 2.44. The van der Waals surface area contributed by atoms with Gasteiger partial charge in [-0.05, 0) is 58.4 Å². The summed E-state index contributed by atoms with van der Waals surface area (Å²) in [4.78, 5) is 27.6. The molecule has 1 aromatic carbocycles. The van der Waals surface area contributed by atoms with E-state index in [1.165, 1.54) is 0 Å². The number of ether oxygens (including phenoxy) is 2. The molecule has 2 atom stereocenters. The number of amides is 1. The number of benzene rings is 1. The van der Waals surface area contributed by atoms with E-state index in [4.69, 9.17) is 9.47 Å². The van der Waals surface area contributed by atoms with Gasteiger partial charge in [-0.25, -0.2) is 4.79 Å². The van der Waals surface area contributed by atoms with Crippen LogP contribution in [-0.2, 0) is 16.1 Å². The van der Waals surface area contributed by atoms with Crippen molar-refractivity contribution in [3.05, 3.63) is 35.4 Å². The molecule has 1 aromatic rings. The minimum Gasteiger partial charge on any atom is -0.444 e. The minimum absolute atomic E-state index is 0.0211. The van der Waals surface area contributed by atoms with Crippen LogP contribution in [0.5, 0.6) is 0 Å². The second kappa shape index (κ2) is 8.01. The maximum atomic E-state index is 13.0. The van der Waals surface area contributed by atoms with E-state index in [1.54, 1.807) is 7.11 Å². The Morgan fingerprint density at radius 3 is 2.19 bits per heavy atom. The highest BCUT2D eigenvalue weighted by Crippen LogP contribution is 2.39. The fourth-order valence-electron chi connectivity index (χ4n) is 4.38. The Hall–Kier alpha value is -1.88. The Balaban J connectivity index is 1.70. The van der Waals surface area contributed by atoms with Crippen molar-refractivity contribution in [2.45, 2.75) is 77.2 Å². The molecule has 0 saturated carbocycles. The lowest BCUT2D eigenvalue weighted by molar-refractivity contribution is -0.0260. The summed E-state index contributed by atoms with van der Waals surface area (Å²) in [6.07, 6.45) is 4.25. The summed E-state index contributed by atoms with van der Waals surface area (Å²) in [5.41, 5.74) is 1.32. The fourth-order valence-corrected chi connectivity index (χ4v) is 4.38. The normalized spacial score (nSPS) is 25.2. The van der Waals surface area contributed by atoms with Crippen LogP contribution in [0.25, 0.3) is 0 Å². The van der Waals surface area contributed by atoms with Gasteiger partial charge in [-0.3, -0.25) is 4.79 Å². The zero-order chi connectivity index (χ0) is 19.6. The summed E-state index contributed by atoms with van der Waals surface area (Å²) in [7, 11) is 1.66. The van der Waals surface area contributed by atoms with Crippen molar-refractivity contribution in [3.8, 4) is 0 Å². The molecule has 2 unspecified atom stereocenters. The molecule has 3 rings (SSSR count). The van der Waals surface area contributed by atoms with Crippen LogP contribution in [0, 0.1) is 5.92 Å². The van der Waals surface area contributed by atoms with Gasteiger partial charge in [-0.1, -0.05) is 24.3 Å². The topological polar surface area (TPSA) is 55.8 Å². The van der Waals surface area contributed by atoms with Gasteiger partial charge < -0.3 is 14.4 Å². The van der Waals surface area contributed by atoms with Crippen molar-refractivity contribution < 1.29 is 19.1 Å². The zero-order valence-corrected chi connectivity index (χ0v) is 16.9. The van der Waals surface area contributed by atoms with Crippen molar-refractivity contribution >= 4 is 11.9 Å². The Kier molecular flexibility index (Phi) is 5.89. The first-order chi connectivity index (χ1) is 12.8. The van der Waals surface area contributed by atoms with Crippen LogP contribution in [0.2, 0.25) is 0 Å². The molecule has 5 heteroatoms. The Bertz CT molecular complexity index is 663. The average molecular weight is 373 g/mol. The lowest BCUT2D eigenvalue weighted by Crippen LogP contribution is -2.56. The molecule has 1 amide bonds. The maximum absolute atomic E-state index is 13.0. The van der Waals surface area contributed by atoms with Crippen LogP contribution >= 0.6 is 0 Å². The fraction of sp³-hybridized carbons (Fsp3) is 0.636. The zero-order valence-electron chi connectivity index (χ0n) is 16.9. The van der Waals surface area contributed by atoms with Crippen LogP contribution in [0.3, 0.4) is 0 Å². The molecule has 0 radical (unpaired) electrons. The molecule has 2 bridgehead atoms. The number of carbonyl (C=O) groups is 2. The summed E-state index contributed by atoms with van der Waals surface area (Å²) in [5.74, 6) is 0.173. The number of Topliss-reactive ketones (excluding diaryl/α,β-unsaturated/α-hetero) is 1. The van der Waals surface area contributed by atoms with Gasteiger partial charge in [0.15, 0.2) is 5.78 Å². The van der Waals surface area contributed by atoms with Gasteiger partial charge >= 0.3 is 6.09 Å². The largest absolute Gasteiger partial charge is 0.444 e. The van der Waals surface area contributed by atoms with Gasteiger partial charge in [0.25, 0.3) is 0 Å². The molecule has 0 aromatic heterocycles. The number of ketones is 1. The van der Waals surface area contributed by atoms with E-state index in [-0.39, 0.29) is 29.9 Å². The molecule has 2 aliphatic heterocycles. The summed E-state index contributed by atoms with van der Waals surface area (Å²) in [6.45, 7) is 6.23. The van der Waals surface area contributed by atoms with Crippen LogP contribution in [0.1, 0.15) is 68.8 Å². The lowest BCUT2D eigenvalue weighted by Gasteiger charge is -2.48. The van der Waals surface area contributed by atoms with E-state index >= 15 is 0 Å². The molecular formula is C22H31NO4. The van der Waals surface area contributed by atoms with E-state index in [2.05, 4.69) is 0 Å². The van der Waals surface area contributed by atoms with Gasteiger partial charge in [0.1, 0.15) is 5.60 Å². The minimum atomic E-state index is -0.498. The van der Waals surface area contributed by atoms with Gasteiger partial charge in [-0.15, -0.1) is 0 Å². The highest BCUT2D eigenvalue weighted by atomic mass is 16.6. The quantitative estimate of drug-likeness (QED) is 0.725. The number of hydrogen-bond donors (Lipinski definition) is 0. The van der Waals surface area contributed by atoms with Crippen LogP contribution in [0.4, 0.5) is 4.79 Å². The molecule has 2 saturated heterocycles. The van der Waals surface area contributed by atoms with Crippen molar-refractivity contribution in [3.63, 3.8) is 0 Å². The van der Waals surface area contributed by atoms with Gasteiger partial charge in [0.2, 0.25) is 0 Å². The molecular weight excluding hydrogens is 342 g/mol. The van der Waals surface area contributed by atoms with Crippen LogP contribution < -0.4 is 0 Å². The predicted octanol–water partition coefficient (Wildman–Crippen LogP) is 4.58. The predicted molar refractivity (Wildman–Crippen MR) is 104 cm³/mol. The number of piperidine rings is 2. The van der Waals surface area contributed by atoms with Gasteiger partial charge in [-0.2, -0.15) is 0 Å². The van der Waals surface area contributed by atoms with E-state index in [0.717, 1.165) is 43.2 Å². The second-order valence-corrected chi connectivity index (χ2v) is 8.79. The van der Waals surface area contributed by atoms with E-state index in [1.807, 2.05) is 49.9 Å². The first-order valence-electron chi connectivity index (χ1n) is 9.92. The van der Waals surface area contributed by atoms with Crippen molar-refractivity contribution in [1.29, 1.82) is 0 Å². The second-order valence-electron chi connectivity index (χ2n) is 8.79. The molecule has 2 aliphatic rings. The maximum Gasteiger partial charge on any atom is 0.410 e. The smallest absolute Gasteiger partial charge is 0.410 e. The standard InChI is InChI=1S/C22H31NO4/c1-22(2,3)27-21(25)23-18-6-5-7-19(23)13-17(12-18)20(24)16-10-8-15(9-11-16)14-26-4/h8-11,17-19H,5-7,12-14H2,1-4H3. The van der Waals surface area contributed by atoms with E-state index in [0.29, 0.717) is 6.61 Å².